The average Bonchev–Trinajstić information content (AvgIpc) is 2.62. The van der Waals surface area contributed by atoms with Gasteiger partial charge in [0.1, 0.15) is 5.69 Å². The van der Waals surface area contributed by atoms with Crippen LogP contribution in [0.15, 0.2) is 41.5 Å². The molecule has 0 unspecified atom stereocenters. The highest BCUT2D eigenvalue weighted by molar-refractivity contribution is 5.79. The van der Waals surface area contributed by atoms with Crippen LogP contribution in [-0.2, 0) is 12.7 Å². The molecule has 0 aliphatic carbocycles. The normalized spacial score (nSPS) is 12.0. The van der Waals surface area contributed by atoms with E-state index in [1.165, 1.54) is 5.56 Å². The zero-order valence-electron chi connectivity index (χ0n) is 14.6. The molecule has 6 nitrogen and oxygen atoms in total. The van der Waals surface area contributed by atoms with Crippen molar-refractivity contribution in [2.75, 3.05) is 25.5 Å². The Morgan fingerprint density at radius 1 is 1.08 bits per heavy atom. The van der Waals surface area contributed by atoms with Crippen molar-refractivity contribution in [3.05, 3.63) is 53.3 Å². The summed E-state index contributed by atoms with van der Waals surface area (Å²) in [4.78, 5) is 11.3. The lowest BCUT2D eigenvalue weighted by Gasteiger charge is -2.13. The van der Waals surface area contributed by atoms with E-state index in [2.05, 4.69) is 30.9 Å². The molecule has 0 aliphatic rings. The minimum absolute atomic E-state index is 0.0655. The van der Waals surface area contributed by atoms with Crippen LogP contribution in [0.1, 0.15) is 16.8 Å². The monoisotopic (exact) mass is 366 g/mol. The highest BCUT2D eigenvalue weighted by atomic mass is 19.4. The maximum absolute atomic E-state index is 12.6. The van der Waals surface area contributed by atoms with E-state index in [1.54, 1.807) is 7.05 Å². The molecular formula is C17H21F3N6. The fourth-order valence-corrected chi connectivity index (χ4v) is 2.07. The molecule has 0 saturated heterocycles. The second-order valence-electron chi connectivity index (χ2n) is 5.53. The third-order valence-corrected chi connectivity index (χ3v) is 3.45. The number of aliphatic imine (C=N–C) groups is 1. The van der Waals surface area contributed by atoms with Crippen molar-refractivity contribution in [3.63, 3.8) is 0 Å². The third kappa shape index (κ3) is 6.23. The number of hydrogen-bond acceptors (Lipinski definition) is 4. The van der Waals surface area contributed by atoms with E-state index in [1.807, 2.05) is 31.2 Å². The molecule has 0 amide bonds. The first-order valence-corrected chi connectivity index (χ1v) is 8.02. The van der Waals surface area contributed by atoms with Crippen molar-refractivity contribution in [2.24, 2.45) is 4.99 Å². The molecule has 2 aromatic rings. The van der Waals surface area contributed by atoms with Crippen LogP contribution >= 0.6 is 0 Å². The summed E-state index contributed by atoms with van der Waals surface area (Å²) in [6.07, 6.45) is -3.41. The predicted molar refractivity (Wildman–Crippen MR) is 94.9 cm³/mol. The largest absolute Gasteiger partial charge is 0.433 e. The van der Waals surface area contributed by atoms with Gasteiger partial charge in [-0.1, -0.05) is 29.8 Å². The summed E-state index contributed by atoms with van der Waals surface area (Å²) in [6, 6.07) is 8.96. The average molecular weight is 366 g/mol. The number of hydrogen-bond donors (Lipinski definition) is 3. The van der Waals surface area contributed by atoms with Gasteiger partial charge in [0.2, 0.25) is 5.95 Å². The number of nitrogens with one attached hydrogen (secondary N) is 3. The van der Waals surface area contributed by atoms with Crippen LogP contribution in [0.3, 0.4) is 0 Å². The number of aromatic nitrogens is 2. The van der Waals surface area contributed by atoms with Crippen molar-refractivity contribution in [1.82, 2.24) is 20.6 Å². The van der Waals surface area contributed by atoms with Crippen molar-refractivity contribution in [3.8, 4) is 0 Å². The second kappa shape index (κ2) is 9.02. The molecule has 0 fully saturated rings. The molecule has 1 aromatic carbocycles. The van der Waals surface area contributed by atoms with Gasteiger partial charge in [-0.25, -0.2) is 9.97 Å². The molecule has 0 atom stereocenters. The summed E-state index contributed by atoms with van der Waals surface area (Å²) >= 11 is 0. The maximum Gasteiger partial charge on any atom is 0.433 e. The summed E-state index contributed by atoms with van der Waals surface area (Å²) < 4.78 is 37.8. The summed E-state index contributed by atoms with van der Waals surface area (Å²) in [7, 11) is 1.65. The van der Waals surface area contributed by atoms with Gasteiger partial charge in [0.25, 0.3) is 0 Å². The van der Waals surface area contributed by atoms with Crippen LogP contribution in [0.2, 0.25) is 0 Å². The van der Waals surface area contributed by atoms with E-state index in [0.29, 0.717) is 25.6 Å². The van der Waals surface area contributed by atoms with Gasteiger partial charge in [-0.2, -0.15) is 13.2 Å². The van der Waals surface area contributed by atoms with Crippen LogP contribution in [0.5, 0.6) is 0 Å². The Morgan fingerprint density at radius 3 is 2.46 bits per heavy atom. The molecule has 0 aliphatic heterocycles. The van der Waals surface area contributed by atoms with E-state index < -0.39 is 11.9 Å². The van der Waals surface area contributed by atoms with Crippen molar-refractivity contribution >= 4 is 11.9 Å². The predicted octanol–water partition coefficient (Wildman–Crippen LogP) is 2.58. The number of guanidine groups is 1. The molecule has 0 radical (unpaired) electrons. The minimum atomic E-state index is -4.49. The van der Waals surface area contributed by atoms with Gasteiger partial charge in [-0.05, 0) is 18.6 Å². The summed E-state index contributed by atoms with van der Waals surface area (Å²) in [5, 5.41) is 8.98. The zero-order valence-corrected chi connectivity index (χ0v) is 14.6. The summed E-state index contributed by atoms with van der Waals surface area (Å²) in [5.74, 6) is 0.529. The van der Waals surface area contributed by atoms with Gasteiger partial charge in [0.05, 0.1) is 0 Å². The van der Waals surface area contributed by atoms with Crippen LogP contribution in [-0.4, -0.2) is 36.1 Å². The Balaban J connectivity index is 1.75. The fraction of sp³-hybridized carbons (Fsp3) is 0.353. The Kier molecular flexibility index (Phi) is 6.76. The van der Waals surface area contributed by atoms with Crippen molar-refractivity contribution in [2.45, 2.75) is 19.6 Å². The molecule has 1 heterocycles. The Morgan fingerprint density at radius 2 is 1.81 bits per heavy atom. The Hall–Kier alpha value is -2.84. The standard InChI is InChI=1S/C17H21F3N6/c1-12-3-5-13(6-4-12)11-25-15(21-2)23-9-10-24-16-22-8-7-14(26-16)17(18,19)20/h3-8H,9-11H2,1-2H3,(H2,21,23,25)(H,22,24,26). The fourth-order valence-electron chi connectivity index (χ4n) is 2.07. The zero-order chi connectivity index (χ0) is 19.0. The van der Waals surface area contributed by atoms with Crippen LogP contribution in [0.25, 0.3) is 0 Å². The smallest absolute Gasteiger partial charge is 0.355 e. The van der Waals surface area contributed by atoms with Crippen molar-refractivity contribution in [1.29, 1.82) is 0 Å². The molecule has 3 N–H and O–H groups in total. The third-order valence-electron chi connectivity index (χ3n) is 3.45. The molecule has 9 heteroatoms. The van der Waals surface area contributed by atoms with E-state index in [-0.39, 0.29) is 5.95 Å². The van der Waals surface area contributed by atoms with Gasteiger partial charge in [0.15, 0.2) is 5.96 Å². The number of rotatable bonds is 6. The molecule has 140 valence electrons. The summed E-state index contributed by atoms with van der Waals surface area (Å²) in [5.41, 5.74) is 1.34. The van der Waals surface area contributed by atoms with Crippen molar-refractivity contribution < 1.29 is 13.2 Å². The maximum atomic E-state index is 12.6. The van der Waals surface area contributed by atoms with E-state index in [4.69, 9.17) is 0 Å². The lowest BCUT2D eigenvalue weighted by Crippen LogP contribution is -2.39. The summed E-state index contributed by atoms with van der Waals surface area (Å²) in [6.45, 7) is 3.42. The first kappa shape index (κ1) is 19.5. The SMILES string of the molecule is CN=C(NCCNc1nccc(C(F)(F)F)n1)NCc1ccc(C)cc1. The van der Waals surface area contributed by atoms with Gasteiger partial charge in [0, 0.05) is 32.9 Å². The van der Waals surface area contributed by atoms with Crippen LogP contribution < -0.4 is 16.0 Å². The minimum Gasteiger partial charge on any atom is -0.355 e. The van der Waals surface area contributed by atoms with E-state index in [0.717, 1.165) is 17.8 Å². The Labute approximate surface area is 150 Å². The number of alkyl halides is 3. The van der Waals surface area contributed by atoms with Gasteiger partial charge in [-0.15, -0.1) is 0 Å². The number of nitrogens with zero attached hydrogens (tertiary/aromatic N) is 3. The van der Waals surface area contributed by atoms with Gasteiger partial charge < -0.3 is 16.0 Å². The number of halogens is 3. The van der Waals surface area contributed by atoms with E-state index in [9.17, 15) is 13.2 Å². The molecule has 0 spiro atoms. The number of anilines is 1. The van der Waals surface area contributed by atoms with Crippen LogP contribution in [0, 0.1) is 6.92 Å². The number of benzene rings is 1. The van der Waals surface area contributed by atoms with Gasteiger partial charge >= 0.3 is 6.18 Å². The topological polar surface area (TPSA) is 74.2 Å². The molecular weight excluding hydrogens is 345 g/mol. The molecule has 2 rings (SSSR count). The molecule has 0 bridgehead atoms. The van der Waals surface area contributed by atoms with E-state index >= 15 is 0 Å². The molecule has 1 aromatic heterocycles. The lowest BCUT2D eigenvalue weighted by molar-refractivity contribution is -0.141. The quantitative estimate of drug-likeness (QED) is 0.416. The lowest BCUT2D eigenvalue weighted by atomic mass is 10.1. The highest BCUT2D eigenvalue weighted by Crippen LogP contribution is 2.27. The first-order chi connectivity index (χ1) is 12.4. The molecule has 0 saturated carbocycles. The Bertz CT molecular complexity index is 728. The molecule has 26 heavy (non-hydrogen) atoms. The highest BCUT2D eigenvalue weighted by Gasteiger charge is 2.32. The second-order valence-corrected chi connectivity index (χ2v) is 5.53. The van der Waals surface area contributed by atoms with Crippen LogP contribution in [0.4, 0.5) is 19.1 Å². The first-order valence-electron chi connectivity index (χ1n) is 8.02. The van der Waals surface area contributed by atoms with Gasteiger partial charge in [-0.3, -0.25) is 4.99 Å². The number of aryl methyl sites for hydroxylation is 1.